The lowest BCUT2D eigenvalue weighted by Crippen LogP contribution is -2.26. The molecule has 2 aromatic rings. The Hall–Kier alpha value is -2.01. The number of anilines is 1. The fraction of sp³-hybridized carbons (Fsp3) is 0.267. The lowest BCUT2D eigenvalue weighted by atomic mass is 10.2. The molecule has 5 heteroatoms. The number of rotatable bonds is 6. The average Bonchev–Trinajstić information content (AvgIpc) is 2.44. The van der Waals surface area contributed by atoms with Crippen molar-refractivity contribution in [3.63, 3.8) is 0 Å². The third-order valence-corrected chi connectivity index (χ3v) is 2.96. The van der Waals surface area contributed by atoms with Gasteiger partial charge < -0.3 is 10.6 Å². The quantitative estimate of drug-likeness (QED) is 0.882. The fourth-order valence-corrected chi connectivity index (χ4v) is 2.04. The summed E-state index contributed by atoms with van der Waals surface area (Å²) < 4.78 is 27.1. The summed E-state index contributed by atoms with van der Waals surface area (Å²) in [6.45, 7) is 1.52. The number of hydrogen-bond acceptors (Lipinski definition) is 3. The van der Waals surface area contributed by atoms with Gasteiger partial charge in [0.2, 0.25) is 0 Å². The van der Waals surface area contributed by atoms with Gasteiger partial charge in [0, 0.05) is 19.3 Å². The maximum Gasteiger partial charge on any atom is 0.146 e. The van der Waals surface area contributed by atoms with E-state index in [2.05, 4.69) is 4.98 Å². The molecular formula is C15H17F2N3. The summed E-state index contributed by atoms with van der Waals surface area (Å²) in [5.74, 6) is -0.691. The lowest BCUT2D eigenvalue weighted by Gasteiger charge is -2.25. The summed E-state index contributed by atoms with van der Waals surface area (Å²) in [4.78, 5) is 5.66. The van der Waals surface area contributed by atoms with Crippen molar-refractivity contribution >= 4 is 5.69 Å². The van der Waals surface area contributed by atoms with Gasteiger partial charge in [-0.3, -0.25) is 4.98 Å². The van der Waals surface area contributed by atoms with Gasteiger partial charge in [0.25, 0.3) is 0 Å². The summed E-state index contributed by atoms with van der Waals surface area (Å²) in [5.41, 5.74) is 6.71. The van der Waals surface area contributed by atoms with Crippen molar-refractivity contribution in [2.24, 2.45) is 5.73 Å². The van der Waals surface area contributed by atoms with E-state index in [-0.39, 0.29) is 5.82 Å². The Morgan fingerprint density at radius 1 is 1.15 bits per heavy atom. The Bertz CT molecular complexity index is 560. The van der Waals surface area contributed by atoms with Crippen molar-refractivity contribution in [2.45, 2.75) is 13.0 Å². The van der Waals surface area contributed by atoms with E-state index >= 15 is 0 Å². The molecule has 0 aliphatic rings. The van der Waals surface area contributed by atoms with Crippen LogP contribution in [0.15, 0.2) is 42.7 Å². The van der Waals surface area contributed by atoms with Gasteiger partial charge in [-0.25, -0.2) is 8.78 Å². The molecule has 20 heavy (non-hydrogen) atoms. The first-order chi connectivity index (χ1) is 9.70. The first-order valence-corrected chi connectivity index (χ1v) is 6.49. The summed E-state index contributed by atoms with van der Waals surface area (Å²) >= 11 is 0. The molecule has 0 unspecified atom stereocenters. The van der Waals surface area contributed by atoms with E-state index in [0.717, 1.165) is 12.6 Å². The van der Waals surface area contributed by atoms with E-state index in [1.165, 1.54) is 12.1 Å². The predicted octanol–water partition coefficient (Wildman–Crippen LogP) is 2.72. The second kappa shape index (κ2) is 6.96. The van der Waals surface area contributed by atoms with Gasteiger partial charge in [-0.1, -0.05) is 12.1 Å². The second-order valence-corrected chi connectivity index (χ2v) is 4.53. The van der Waals surface area contributed by atoms with Gasteiger partial charge in [0.05, 0.1) is 11.9 Å². The molecule has 0 atom stereocenters. The smallest absolute Gasteiger partial charge is 0.146 e. The van der Waals surface area contributed by atoms with Gasteiger partial charge in [-0.05, 0) is 36.7 Å². The third-order valence-electron chi connectivity index (χ3n) is 2.96. The Kier molecular flexibility index (Phi) is 5.01. The Labute approximate surface area is 117 Å². The zero-order valence-corrected chi connectivity index (χ0v) is 11.1. The number of halogens is 2. The normalized spacial score (nSPS) is 10.6. The van der Waals surface area contributed by atoms with Crippen molar-refractivity contribution in [3.8, 4) is 0 Å². The molecule has 2 N–H and O–H groups in total. The number of nitrogens with zero attached hydrogens (tertiary/aromatic N) is 2. The SMILES string of the molecule is NCCCN(Cc1cncc(F)c1)c1ccccc1F. The molecule has 0 aliphatic carbocycles. The van der Waals surface area contributed by atoms with Crippen LogP contribution < -0.4 is 10.6 Å². The first kappa shape index (κ1) is 14.4. The van der Waals surface area contributed by atoms with Crippen molar-refractivity contribution < 1.29 is 8.78 Å². The fourth-order valence-electron chi connectivity index (χ4n) is 2.04. The van der Waals surface area contributed by atoms with Gasteiger partial charge in [0.1, 0.15) is 11.6 Å². The second-order valence-electron chi connectivity index (χ2n) is 4.53. The summed E-state index contributed by atoms with van der Waals surface area (Å²) in [7, 11) is 0. The van der Waals surface area contributed by atoms with Crippen molar-refractivity contribution in [3.05, 3.63) is 59.9 Å². The van der Waals surface area contributed by atoms with Gasteiger partial charge in [0.15, 0.2) is 0 Å². The van der Waals surface area contributed by atoms with Crippen LogP contribution in [0.3, 0.4) is 0 Å². The van der Waals surface area contributed by atoms with E-state index < -0.39 is 5.82 Å². The molecule has 1 aromatic carbocycles. The third kappa shape index (κ3) is 3.74. The van der Waals surface area contributed by atoms with E-state index in [1.807, 2.05) is 4.90 Å². The Balaban J connectivity index is 2.22. The molecule has 0 saturated heterocycles. The maximum absolute atomic E-state index is 13.9. The minimum atomic E-state index is -0.394. The van der Waals surface area contributed by atoms with Crippen molar-refractivity contribution in [1.29, 1.82) is 0 Å². The topological polar surface area (TPSA) is 42.1 Å². The molecule has 1 aromatic heterocycles. The maximum atomic E-state index is 13.9. The van der Waals surface area contributed by atoms with Gasteiger partial charge in [-0.2, -0.15) is 0 Å². The zero-order valence-electron chi connectivity index (χ0n) is 11.1. The van der Waals surface area contributed by atoms with Crippen LogP contribution in [0.5, 0.6) is 0 Å². The summed E-state index contributed by atoms with van der Waals surface area (Å²) in [6, 6.07) is 7.94. The minimum Gasteiger partial charge on any atom is -0.365 e. The highest BCUT2D eigenvalue weighted by atomic mass is 19.1. The van der Waals surface area contributed by atoms with E-state index in [0.29, 0.717) is 30.9 Å². The standard InChI is InChI=1S/C15H17F2N3/c16-13-8-12(9-19-10-13)11-20(7-3-6-18)15-5-2-1-4-14(15)17/h1-2,4-5,8-10H,3,6-7,11,18H2. The molecule has 3 nitrogen and oxygen atoms in total. The number of nitrogens with two attached hydrogens (primary N) is 1. The van der Waals surface area contributed by atoms with Gasteiger partial charge >= 0.3 is 0 Å². The monoisotopic (exact) mass is 277 g/mol. The van der Waals surface area contributed by atoms with Crippen LogP contribution in [0.2, 0.25) is 0 Å². The molecule has 0 bridgehead atoms. The van der Waals surface area contributed by atoms with E-state index in [4.69, 9.17) is 5.73 Å². The highest BCUT2D eigenvalue weighted by Crippen LogP contribution is 2.21. The van der Waals surface area contributed by atoms with E-state index in [1.54, 1.807) is 24.4 Å². The van der Waals surface area contributed by atoms with Crippen LogP contribution in [0.25, 0.3) is 0 Å². The minimum absolute atomic E-state index is 0.297. The van der Waals surface area contributed by atoms with E-state index in [9.17, 15) is 8.78 Å². The highest BCUT2D eigenvalue weighted by Gasteiger charge is 2.11. The number of aromatic nitrogens is 1. The van der Waals surface area contributed by atoms with Crippen molar-refractivity contribution in [2.75, 3.05) is 18.0 Å². The molecule has 0 amide bonds. The molecule has 0 spiro atoms. The summed E-state index contributed by atoms with van der Waals surface area (Å²) in [6.07, 6.45) is 3.47. The molecule has 0 fully saturated rings. The first-order valence-electron chi connectivity index (χ1n) is 6.49. The van der Waals surface area contributed by atoms with Crippen LogP contribution in [0, 0.1) is 11.6 Å². The number of hydrogen-bond donors (Lipinski definition) is 1. The van der Waals surface area contributed by atoms with Crippen molar-refractivity contribution in [1.82, 2.24) is 4.98 Å². The van der Waals surface area contributed by atoms with Crippen LogP contribution in [-0.2, 0) is 6.54 Å². The largest absolute Gasteiger partial charge is 0.365 e. The molecule has 0 saturated carbocycles. The summed E-state index contributed by atoms with van der Waals surface area (Å²) in [5, 5.41) is 0. The lowest BCUT2D eigenvalue weighted by molar-refractivity contribution is 0.607. The molecule has 0 aliphatic heterocycles. The predicted molar refractivity (Wildman–Crippen MR) is 75.3 cm³/mol. The van der Waals surface area contributed by atoms with Crippen LogP contribution in [-0.4, -0.2) is 18.1 Å². The number of benzene rings is 1. The van der Waals surface area contributed by atoms with Crippen LogP contribution in [0.4, 0.5) is 14.5 Å². The Morgan fingerprint density at radius 2 is 1.95 bits per heavy atom. The molecule has 2 rings (SSSR count). The van der Waals surface area contributed by atoms with Gasteiger partial charge in [-0.15, -0.1) is 0 Å². The average molecular weight is 277 g/mol. The number of para-hydroxylation sites is 1. The zero-order chi connectivity index (χ0) is 14.4. The van der Waals surface area contributed by atoms with Crippen LogP contribution >= 0.6 is 0 Å². The number of pyridine rings is 1. The Morgan fingerprint density at radius 3 is 2.65 bits per heavy atom. The van der Waals surface area contributed by atoms with Crippen LogP contribution in [0.1, 0.15) is 12.0 Å². The molecule has 106 valence electrons. The molecular weight excluding hydrogens is 260 g/mol. The highest BCUT2D eigenvalue weighted by molar-refractivity contribution is 5.48. The molecule has 1 heterocycles. The molecule has 0 radical (unpaired) electrons.